The lowest BCUT2D eigenvalue weighted by Gasteiger charge is -2.06. The fraction of sp³-hybridized carbons (Fsp3) is 0.455. The van der Waals surface area contributed by atoms with Gasteiger partial charge in [-0.25, -0.2) is 0 Å². The van der Waals surface area contributed by atoms with E-state index < -0.39 is 10.8 Å². The summed E-state index contributed by atoms with van der Waals surface area (Å²) < 4.78 is 18.1. The van der Waals surface area contributed by atoms with Crippen molar-refractivity contribution in [2.24, 2.45) is 0 Å². The van der Waals surface area contributed by atoms with Gasteiger partial charge in [-0.2, -0.15) is 0 Å². The van der Waals surface area contributed by atoms with Crippen LogP contribution >= 0.6 is 15.9 Å². The molecule has 16 heavy (non-hydrogen) atoms. The third-order valence-electron chi connectivity index (χ3n) is 1.98. The molecule has 1 unspecified atom stereocenters. The second-order valence-electron chi connectivity index (χ2n) is 3.34. The first-order valence-corrected chi connectivity index (χ1v) is 7.27. The van der Waals surface area contributed by atoms with Crippen LogP contribution in [0.5, 0.6) is 0 Å². The zero-order valence-electron chi connectivity index (χ0n) is 9.24. The third-order valence-corrected chi connectivity index (χ3v) is 3.86. The number of nitrogens with two attached hydrogens (primary N) is 1. The van der Waals surface area contributed by atoms with E-state index in [4.69, 9.17) is 10.5 Å². The fourth-order valence-electron chi connectivity index (χ4n) is 1.20. The molecule has 5 heteroatoms. The van der Waals surface area contributed by atoms with Gasteiger partial charge in [-0.15, -0.1) is 0 Å². The molecule has 0 saturated heterocycles. The van der Waals surface area contributed by atoms with Crippen LogP contribution in [0.4, 0.5) is 5.69 Å². The largest absolute Gasteiger partial charge is 0.398 e. The molecule has 90 valence electrons. The Kier molecular flexibility index (Phi) is 6.01. The first-order valence-electron chi connectivity index (χ1n) is 5.16. The lowest BCUT2D eigenvalue weighted by atomic mass is 10.3. The van der Waals surface area contributed by atoms with Crippen LogP contribution in [-0.2, 0) is 15.5 Å². The molecule has 0 heterocycles. The number of benzene rings is 1. The summed E-state index contributed by atoms with van der Waals surface area (Å²) in [6.45, 7) is 3.26. The minimum absolute atomic E-state index is 0.487. The Morgan fingerprint density at radius 1 is 1.44 bits per heavy atom. The van der Waals surface area contributed by atoms with E-state index in [1.54, 1.807) is 12.1 Å². The molecule has 1 aromatic carbocycles. The van der Waals surface area contributed by atoms with Gasteiger partial charge in [0, 0.05) is 16.8 Å². The minimum atomic E-state index is -1.09. The summed E-state index contributed by atoms with van der Waals surface area (Å²) in [7, 11) is -1.09. The highest BCUT2D eigenvalue weighted by molar-refractivity contribution is 9.10. The molecule has 1 atom stereocenters. The molecule has 1 rings (SSSR count). The second kappa shape index (κ2) is 7.04. The van der Waals surface area contributed by atoms with Gasteiger partial charge < -0.3 is 10.5 Å². The van der Waals surface area contributed by atoms with Gasteiger partial charge in [0.05, 0.1) is 28.1 Å². The van der Waals surface area contributed by atoms with Gasteiger partial charge in [0.1, 0.15) is 0 Å². The topological polar surface area (TPSA) is 52.3 Å². The van der Waals surface area contributed by atoms with Gasteiger partial charge in [-0.3, -0.25) is 4.21 Å². The summed E-state index contributed by atoms with van der Waals surface area (Å²) >= 11 is 3.34. The molecule has 0 aliphatic rings. The Morgan fingerprint density at radius 3 is 2.88 bits per heavy atom. The fourth-order valence-corrected chi connectivity index (χ4v) is 2.79. The maximum atomic E-state index is 11.9. The van der Waals surface area contributed by atoms with E-state index >= 15 is 0 Å². The summed E-state index contributed by atoms with van der Waals surface area (Å²) in [4.78, 5) is 0.675. The van der Waals surface area contributed by atoms with Crippen molar-refractivity contribution < 1.29 is 8.95 Å². The molecule has 0 fully saturated rings. The highest BCUT2D eigenvalue weighted by Gasteiger charge is 2.08. The van der Waals surface area contributed by atoms with Gasteiger partial charge in [0.2, 0.25) is 0 Å². The Labute approximate surface area is 107 Å². The van der Waals surface area contributed by atoms with Crippen LogP contribution < -0.4 is 5.73 Å². The van der Waals surface area contributed by atoms with Crippen molar-refractivity contribution in [1.29, 1.82) is 0 Å². The summed E-state index contributed by atoms with van der Waals surface area (Å²) in [5.41, 5.74) is 6.33. The molecule has 0 aliphatic heterocycles. The van der Waals surface area contributed by atoms with E-state index in [1.807, 2.05) is 13.0 Å². The molecule has 0 saturated carbocycles. The Morgan fingerprint density at radius 2 is 2.19 bits per heavy atom. The van der Waals surface area contributed by atoms with E-state index in [0.717, 1.165) is 10.9 Å². The summed E-state index contributed by atoms with van der Waals surface area (Å²) in [5, 5.41) is 0. The summed E-state index contributed by atoms with van der Waals surface area (Å²) in [5.74, 6) is 0.487. The Balaban J connectivity index is 2.55. The smallest absolute Gasteiger partial charge is 0.0629 e. The summed E-state index contributed by atoms with van der Waals surface area (Å²) in [6.07, 6.45) is 0.978. The predicted octanol–water partition coefficient (Wildman–Crippen LogP) is 2.57. The first-order chi connectivity index (χ1) is 7.65. The maximum Gasteiger partial charge on any atom is 0.0629 e. The molecular formula is C11H16BrNO2S. The average molecular weight is 306 g/mol. The highest BCUT2D eigenvalue weighted by atomic mass is 79.9. The number of hydrogen-bond acceptors (Lipinski definition) is 3. The molecule has 0 radical (unpaired) electrons. The van der Waals surface area contributed by atoms with Crippen LogP contribution in [0.2, 0.25) is 0 Å². The average Bonchev–Trinajstić information content (AvgIpc) is 2.27. The van der Waals surface area contributed by atoms with E-state index in [-0.39, 0.29) is 0 Å². The number of rotatable bonds is 6. The van der Waals surface area contributed by atoms with E-state index in [9.17, 15) is 4.21 Å². The molecular weight excluding hydrogens is 290 g/mol. The van der Waals surface area contributed by atoms with Gasteiger partial charge >= 0.3 is 0 Å². The van der Waals surface area contributed by atoms with Crippen molar-refractivity contribution in [3.05, 3.63) is 22.7 Å². The quantitative estimate of drug-likeness (QED) is 0.649. The van der Waals surface area contributed by atoms with Crippen molar-refractivity contribution >= 4 is 32.4 Å². The number of ether oxygens (including phenoxy) is 1. The molecule has 3 nitrogen and oxygen atoms in total. The lowest BCUT2D eigenvalue weighted by Crippen LogP contribution is -2.08. The van der Waals surface area contributed by atoms with Crippen molar-refractivity contribution in [3.8, 4) is 0 Å². The van der Waals surface area contributed by atoms with Crippen molar-refractivity contribution in [2.75, 3.05) is 24.7 Å². The molecule has 2 N–H and O–H groups in total. The van der Waals surface area contributed by atoms with Crippen LogP contribution in [0.3, 0.4) is 0 Å². The van der Waals surface area contributed by atoms with Crippen molar-refractivity contribution in [3.63, 3.8) is 0 Å². The van der Waals surface area contributed by atoms with Gasteiger partial charge in [-0.05, 0) is 24.6 Å². The SMILES string of the molecule is CCCOCCS(=O)c1cc(Br)ccc1N. The normalized spacial score (nSPS) is 12.6. The second-order valence-corrected chi connectivity index (χ2v) is 5.80. The van der Waals surface area contributed by atoms with E-state index in [0.29, 0.717) is 29.5 Å². The van der Waals surface area contributed by atoms with Crippen molar-refractivity contribution in [2.45, 2.75) is 18.2 Å². The van der Waals surface area contributed by atoms with Crippen LogP contribution in [0.15, 0.2) is 27.6 Å². The van der Waals surface area contributed by atoms with E-state index in [2.05, 4.69) is 15.9 Å². The number of nitrogen functional groups attached to an aromatic ring is 1. The van der Waals surface area contributed by atoms with Crippen LogP contribution in [-0.4, -0.2) is 23.2 Å². The number of anilines is 1. The lowest BCUT2D eigenvalue weighted by molar-refractivity contribution is 0.150. The van der Waals surface area contributed by atoms with Gasteiger partial charge in [-0.1, -0.05) is 22.9 Å². The number of halogens is 1. The standard InChI is InChI=1S/C11H16BrNO2S/c1-2-5-15-6-7-16(14)11-8-9(12)3-4-10(11)13/h3-4,8H,2,5-7,13H2,1H3. The van der Waals surface area contributed by atoms with Crippen LogP contribution in [0.1, 0.15) is 13.3 Å². The number of hydrogen-bond donors (Lipinski definition) is 1. The molecule has 1 aromatic rings. The summed E-state index contributed by atoms with van der Waals surface area (Å²) in [6, 6.07) is 5.39. The van der Waals surface area contributed by atoms with Gasteiger partial charge in [0.15, 0.2) is 0 Å². The highest BCUT2D eigenvalue weighted by Crippen LogP contribution is 2.21. The zero-order chi connectivity index (χ0) is 12.0. The monoisotopic (exact) mass is 305 g/mol. The van der Waals surface area contributed by atoms with E-state index in [1.165, 1.54) is 0 Å². The van der Waals surface area contributed by atoms with Crippen LogP contribution in [0, 0.1) is 0 Å². The molecule has 0 aromatic heterocycles. The third kappa shape index (κ3) is 4.23. The maximum absolute atomic E-state index is 11.9. The molecule has 0 bridgehead atoms. The minimum Gasteiger partial charge on any atom is -0.398 e. The Bertz CT molecular complexity index is 371. The molecule has 0 amide bonds. The van der Waals surface area contributed by atoms with Crippen molar-refractivity contribution in [1.82, 2.24) is 0 Å². The Hall–Kier alpha value is -0.390. The van der Waals surface area contributed by atoms with Crippen LogP contribution in [0.25, 0.3) is 0 Å². The molecule has 0 aliphatic carbocycles. The molecule has 0 spiro atoms. The predicted molar refractivity (Wildman–Crippen MR) is 70.9 cm³/mol. The zero-order valence-corrected chi connectivity index (χ0v) is 11.6. The van der Waals surface area contributed by atoms with Gasteiger partial charge in [0.25, 0.3) is 0 Å². The first kappa shape index (κ1) is 13.7.